The normalized spacial score (nSPS) is 31.5. The van der Waals surface area contributed by atoms with Gasteiger partial charge in [0.05, 0.1) is 37.8 Å². The summed E-state index contributed by atoms with van der Waals surface area (Å²) in [4.78, 5) is 2.38. The molecule has 2 fully saturated rings. The van der Waals surface area contributed by atoms with Crippen LogP contribution in [0.15, 0.2) is 16.9 Å². The van der Waals surface area contributed by atoms with E-state index in [1.54, 1.807) is 0 Å². The fraction of sp³-hybridized carbons (Fsp3) is 0.857. The minimum Gasteiger partial charge on any atom is -0.384 e. The third-order valence-corrected chi connectivity index (χ3v) is 6.46. The van der Waals surface area contributed by atoms with Gasteiger partial charge in [-0.15, -0.1) is 0 Å². The van der Waals surface area contributed by atoms with Crippen molar-refractivity contribution in [3.8, 4) is 0 Å². The van der Waals surface area contributed by atoms with Gasteiger partial charge in [-0.25, -0.2) is 0 Å². The summed E-state index contributed by atoms with van der Waals surface area (Å²) in [6.07, 6.45) is 8.44. The number of allylic oxidation sites excluding steroid dienone is 1. The van der Waals surface area contributed by atoms with Crippen LogP contribution in [0.25, 0.3) is 0 Å². The fourth-order valence-corrected chi connectivity index (χ4v) is 4.74. The molecule has 27 heavy (non-hydrogen) atoms. The van der Waals surface area contributed by atoms with E-state index in [2.05, 4.69) is 35.3 Å². The summed E-state index contributed by atoms with van der Waals surface area (Å²) in [5.41, 5.74) is 3.12. The van der Waals surface area contributed by atoms with Crippen LogP contribution < -0.4 is 5.32 Å². The number of hydrogen-bond donors (Lipinski definition) is 1. The Labute approximate surface area is 164 Å². The highest BCUT2D eigenvalue weighted by molar-refractivity contribution is 5.87. The molecule has 0 aromatic heterocycles. The predicted octanol–water partition coefficient (Wildman–Crippen LogP) is 2.33. The van der Waals surface area contributed by atoms with Crippen LogP contribution in [-0.2, 0) is 9.47 Å². The second-order valence-electron chi connectivity index (χ2n) is 9.10. The SMILES string of the molecule is CNCCN(C)CC1=NN2CCOCC2=CC2(CCC(C)(COC)CC2)C1. The summed E-state index contributed by atoms with van der Waals surface area (Å²) in [5.74, 6) is 0. The lowest BCUT2D eigenvalue weighted by Gasteiger charge is -2.43. The third-order valence-electron chi connectivity index (χ3n) is 6.46. The summed E-state index contributed by atoms with van der Waals surface area (Å²) in [6, 6.07) is 0. The molecule has 0 atom stereocenters. The van der Waals surface area contributed by atoms with E-state index in [1.807, 2.05) is 14.2 Å². The van der Waals surface area contributed by atoms with Gasteiger partial charge < -0.3 is 14.8 Å². The van der Waals surface area contributed by atoms with E-state index >= 15 is 0 Å². The van der Waals surface area contributed by atoms with Gasteiger partial charge in [0.2, 0.25) is 0 Å². The van der Waals surface area contributed by atoms with Crippen LogP contribution in [0.4, 0.5) is 0 Å². The highest BCUT2D eigenvalue weighted by Gasteiger charge is 2.42. The summed E-state index contributed by atoms with van der Waals surface area (Å²) in [7, 11) is 6.03. The van der Waals surface area contributed by atoms with Crippen molar-refractivity contribution in [2.75, 3.05) is 67.2 Å². The average molecular weight is 379 g/mol. The first-order valence-corrected chi connectivity index (χ1v) is 10.4. The summed E-state index contributed by atoms with van der Waals surface area (Å²) < 4.78 is 11.3. The lowest BCUT2D eigenvalue weighted by atomic mass is 9.62. The number of methoxy groups -OCH3 is 1. The predicted molar refractivity (Wildman–Crippen MR) is 110 cm³/mol. The Hall–Kier alpha value is -0.950. The maximum absolute atomic E-state index is 5.76. The molecule has 0 aromatic rings. The highest BCUT2D eigenvalue weighted by atomic mass is 16.5. The summed E-state index contributed by atoms with van der Waals surface area (Å²) in [6.45, 7) is 8.56. The van der Waals surface area contributed by atoms with Crippen molar-refractivity contribution >= 4 is 5.71 Å². The van der Waals surface area contributed by atoms with Crippen LogP contribution in [0.5, 0.6) is 0 Å². The van der Waals surface area contributed by atoms with E-state index in [-0.39, 0.29) is 5.41 Å². The largest absolute Gasteiger partial charge is 0.384 e. The Balaban J connectivity index is 1.76. The molecule has 2 aliphatic heterocycles. The van der Waals surface area contributed by atoms with Gasteiger partial charge in [-0.2, -0.15) is 5.10 Å². The van der Waals surface area contributed by atoms with Crippen LogP contribution in [0.2, 0.25) is 0 Å². The Kier molecular flexibility index (Phi) is 6.95. The van der Waals surface area contributed by atoms with E-state index in [4.69, 9.17) is 14.6 Å². The zero-order chi connectivity index (χ0) is 19.3. The maximum Gasteiger partial charge on any atom is 0.0882 e. The van der Waals surface area contributed by atoms with Crippen LogP contribution in [0.1, 0.15) is 39.0 Å². The summed E-state index contributed by atoms with van der Waals surface area (Å²) >= 11 is 0. The number of hydrogen-bond acceptors (Lipinski definition) is 6. The van der Waals surface area contributed by atoms with Crippen molar-refractivity contribution in [3.05, 3.63) is 11.8 Å². The van der Waals surface area contributed by atoms with Crippen molar-refractivity contribution in [1.82, 2.24) is 15.2 Å². The molecular formula is C21H38N4O2. The standard InChI is InChI=1S/C21H38N4O2/c1-20(17-26-4)5-7-21(8-6-20)13-18(15-24(3)10-9-22-2)23-25-11-12-27-16-19(25)14-21/h14,22H,5-13,15-17H2,1-4H3. The van der Waals surface area contributed by atoms with Crippen molar-refractivity contribution in [2.45, 2.75) is 39.0 Å². The quantitative estimate of drug-likeness (QED) is 0.737. The Bertz CT molecular complexity index is 552. The smallest absolute Gasteiger partial charge is 0.0882 e. The van der Waals surface area contributed by atoms with Crippen molar-refractivity contribution < 1.29 is 9.47 Å². The molecule has 6 nitrogen and oxygen atoms in total. The molecule has 0 bridgehead atoms. The fourth-order valence-electron chi connectivity index (χ4n) is 4.74. The topological polar surface area (TPSA) is 49.3 Å². The molecule has 3 aliphatic rings. The molecule has 0 radical (unpaired) electrons. The highest BCUT2D eigenvalue weighted by Crippen LogP contribution is 2.49. The van der Waals surface area contributed by atoms with Crippen molar-refractivity contribution in [2.24, 2.45) is 15.9 Å². The minimum absolute atomic E-state index is 0.223. The molecule has 1 N–H and O–H groups in total. The molecule has 6 heteroatoms. The molecule has 1 saturated carbocycles. The van der Waals surface area contributed by atoms with E-state index in [9.17, 15) is 0 Å². The lowest BCUT2D eigenvalue weighted by molar-refractivity contribution is 0.0339. The molecule has 1 saturated heterocycles. The molecule has 0 unspecified atom stereocenters. The van der Waals surface area contributed by atoms with Gasteiger partial charge >= 0.3 is 0 Å². The van der Waals surface area contributed by atoms with Gasteiger partial charge in [0.1, 0.15) is 0 Å². The van der Waals surface area contributed by atoms with Gasteiger partial charge in [0.25, 0.3) is 0 Å². The number of likely N-dealkylation sites (N-methyl/N-ethyl adjacent to an activating group) is 2. The van der Waals surface area contributed by atoms with E-state index in [0.29, 0.717) is 12.0 Å². The number of fused-ring (bicyclic) bond motifs is 1. The molecular weight excluding hydrogens is 340 g/mol. The monoisotopic (exact) mass is 378 g/mol. The maximum atomic E-state index is 5.76. The molecule has 0 amide bonds. The second kappa shape index (κ2) is 9.03. The number of hydrazone groups is 1. The lowest BCUT2D eigenvalue weighted by Crippen LogP contribution is -2.38. The van der Waals surface area contributed by atoms with Gasteiger partial charge in [-0.05, 0) is 57.0 Å². The number of nitrogens with one attached hydrogen (secondary N) is 1. The molecule has 0 aromatic carbocycles. The third kappa shape index (κ3) is 5.31. The molecule has 1 aliphatic carbocycles. The molecule has 3 rings (SSSR count). The zero-order valence-corrected chi connectivity index (χ0v) is 17.7. The van der Waals surface area contributed by atoms with Crippen molar-refractivity contribution in [3.63, 3.8) is 0 Å². The van der Waals surface area contributed by atoms with E-state index < -0.39 is 0 Å². The number of nitrogens with zero attached hydrogens (tertiary/aromatic N) is 3. The minimum atomic E-state index is 0.223. The van der Waals surface area contributed by atoms with Crippen LogP contribution in [0, 0.1) is 10.8 Å². The van der Waals surface area contributed by atoms with Crippen LogP contribution >= 0.6 is 0 Å². The first-order chi connectivity index (χ1) is 13.0. The number of ether oxygens (including phenoxy) is 2. The first-order valence-electron chi connectivity index (χ1n) is 10.4. The van der Waals surface area contributed by atoms with Crippen molar-refractivity contribution in [1.29, 1.82) is 0 Å². The van der Waals surface area contributed by atoms with Gasteiger partial charge in [-0.1, -0.05) is 13.0 Å². The Morgan fingerprint density at radius 2 is 2.11 bits per heavy atom. The second-order valence-corrected chi connectivity index (χ2v) is 9.10. The van der Waals surface area contributed by atoms with Crippen LogP contribution in [-0.4, -0.2) is 82.8 Å². The number of morpholine rings is 1. The van der Waals surface area contributed by atoms with Gasteiger partial charge in [0.15, 0.2) is 0 Å². The van der Waals surface area contributed by atoms with Crippen LogP contribution in [0.3, 0.4) is 0 Å². The molecule has 2 heterocycles. The summed E-state index contributed by atoms with van der Waals surface area (Å²) in [5, 5.41) is 10.5. The number of rotatable bonds is 7. The van der Waals surface area contributed by atoms with E-state index in [0.717, 1.165) is 45.8 Å². The van der Waals surface area contributed by atoms with Gasteiger partial charge in [-0.3, -0.25) is 9.91 Å². The zero-order valence-electron chi connectivity index (χ0n) is 17.7. The molecule has 1 spiro atoms. The Morgan fingerprint density at radius 3 is 2.81 bits per heavy atom. The van der Waals surface area contributed by atoms with E-state index in [1.165, 1.54) is 37.1 Å². The first kappa shape index (κ1) is 20.8. The Morgan fingerprint density at radius 1 is 1.33 bits per heavy atom. The average Bonchev–Trinajstić information content (AvgIpc) is 2.79. The molecule has 154 valence electrons. The van der Waals surface area contributed by atoms with Gasteiger partial charge in [0, 0.05) is 26.7 Å².